The van der Waals surface area contributed by atoms with E-state index < -0.39 is 0 Å². The van der Waals surface area contributed by atoms with E-state index in [4.69, 9.17) is 10.7 Å². The molecule has 1 aliphatic carbocycles. The van der Waals surface area contributed by atoms with E-state index in [0.29, 0.717) is 0 Å². The Hall–Kier alpha value is -1.19. The molecule has 0 saturated carbocycles. The number of fused-ring (bicyclic) bond motifs is 1. The molecule has 100 valence electrons. The van der Waals surface area contributed by atoms with Gasteiger partial charge in [-0.3, -0.25) is 0 Å². The second kappa shape index (κ2) is 5.43. The smallest absolute Gasteiger partial charge is 0.114 e. The zero-order valence-electron chi connectivity index (χ0n) is 11.4. The van der Waals surface area contributed by atoms with E-state index in [9.17, 15) is 0 Å². The first-order chi connectivity index (χ1) is 9.29. The number of aryl methyl sites for hydroxylation is 3. The predicted molar refractivity (Wildman–Crippen MR) is 80.6 cm³/mol. The minimum atomic E-state index is -0.0632. The highest BCUT2D eigenvalue weighted by Gasteiger charge is 2.20. The third-order valence-corrected chi connectivity index (χ3v) is 5.14. The van der Waals surface area contributed by atoms with Crippen molar-refractivity contribution in [3.05, 3.63) is 51.0 Å². The van der Waals surface area contributed by atoms with Crippen molar-refractivity contribution in [2.24, 2.45) is 5.73 Å². The fraction of sp³-hybridized carbons (Fsp3) is 0.438. The molecule has 1 atom stereocenters. The van der Waals surface area contributed by atoms with Crippen molar-refractivity contribution in [1.29, 1.82) is 0 Å². The van der Waals surface area contributed by atoms with Gasteiger partial charge in [0.25, 0.3) is 0 Å². The van der Waals surface area contributed by atoms with Crippen molar-refractivity contribution in [3.63, 3.8) is 0 Å². The maximum absolute atomic E-state index is 6.45. The fourth-order valence-corrected chi connectivity index (χ4v) is 3.97. The van der Waals surface area contributed by atoms with Gasteiger partial charge in [-0.05, 0) is 43.2 Å². The number of nitrogens with two attached hydrogens (primary N) is 1. The molecule has 0 spiro atoms. The van der Waals surface area contributed by atoms with E-state index in [2.05, 4.69) is 31.2 Å². The van der Waals surface area contributed by atoms with Gasteiger partial charge in [0, 0.05) is 4.88 Å². The molecular formula is C16H20N2S. The number of thiazole rings is 1. The second-order valence-corrected chi connectivity index (χ2v) is 6.27. The molecule has 2 aromatic rings. The summed E-state index contributed by atoms with van der Waals surface area (Å²) in [5.74, 6) is 0. The normalized spacial score (nSPS) is 16.1. The summed E-state index contributed by atoms with van der Waals surface area (Å²) < 4.78 is 0. The summed E-state index contributed by atoms with van der Waals surface area (Å²) in [5, 5.41) is 1.09. The first kappa shape index (κ1) is 12.8. The van der Waals surface area contributed by atoms with Crippen LogP contribution in [0, 0.1) is 0 Å². The zero-order chi connectivity index (χ0) is 13.2. The van der Waals surface area contributed by atoms with Gasteiger partial charge in [-0.15, -0.1) is 11.3 Å². The molecule has 0 saturated heterocycles. The molecular weight excluding hydrogens is 252 g/mol. The summed E-state index contributed by atoms with van der Waals surface area (Å²) >= 11 is 1.82. The average molecular weight is 272 g/mol. The van der Waals surface area contributed by atoms with Crippen LogP contribution in [0.5, 0.6) is 0 Å². The Morgan fingerprint density at radius 3 is 2.84 bits per heavy atom. The van der Waals surface area contributed by atoms with E-state index in [0.717, 1.165) is 17.8 Å². The van der Waals surface area contributed by atoms with Gasteiger partial charge in [0.15, 0.2) is 0 Å². The highest BCUT2D eigenvalue weighted by atomic mass is 32.1. The van der Waals surface area contributed by atoms with Gasteiger partial charge in [-0.1, -0.05) is 31.2 Å². The van der Waals surface area contributed by atoms with Crippen molar-refractivity contribution >= 4 is 11.3 Å². The van der Waals surface area contributed by atoms with E-state index >= 15 is 0 Å². The first-order valence-electron chi connectivity index (χ1n) is 7.11. The van der Waals surface area contributed by atoms with Crippen LogP contribution in [0.25, 0.3) is 0 Å². The lowest BCUT2D eigenvalue weighted by Gasteiger charge is -2.13. The largest absolute Gasteiger partial charge is 0.318 e. The molecule has 1 aromatic carbocycles. The van der Waals surface area contributed by atoms with Crippen LogP contribution >= 0.6 is 11.3 Å². The monoisotopic (exact) mass is 272 g/mol. The lowest BCUT2D eigenvalue weighted by Crippen LogP contribution is -2.13. The van der Waals surface area contributed by atoms with Gasteiger partial charge in [-0.25, -0.2) is 4.98 Å². The van der Waals surface area contributed by atoms with Gasteiger partial charge in [-0.2, -0.15) is 0 Å². The van der Waals surface area contributed by atoms with Crippen LogP contribution < -0.4 is 5.73 Å². The van der Waals surface area contributed by atoms with Crippen LogP contribution in [0.4, 0.5) is 0 Å². The molecule has 0 aliphatic heterocycles. The summed E-state index contributed by atoms with van der Waals surface area (Å²) in [6.45, 7) is 2.18. The molecule has 0 radical (unpaired) electrons. The fourth-order valence-electron chi connectivity index (χ4n) is 2.80. The molecule has 2 N–H and O–H groups in total. The number of hydrogen-bond acceptors (Lipinski definition) is 3. The van der Waals surface area contributed by atoms with Crippen molar-refractivity contribution in [2.75, 3.05) is 0 Å². The van der Waals surface area contributed by atoms with Gasteiger partial charge >= 0.3 is 0 Å². The average Bonchev–Trinajstić information content (AvgIpc) is 2.90. The van der Waals surface area contributed by atoms with E-state index in [1.807, 2.05) is 11.3 Å². The number of benzene rings is 1. The lowest BCUT2D eigenvalue weighted by molar-refractivity contribution is 0.678. The molecule has 2 nitrogen and oxygen atoms in total. The third-order valence-electron chi connectivity index (χ3n) is 3.90. The quantitative estimate of drug-likeness (QED) is 0.926. The van der Waals surface area contributed by atoms with Crippen LogP contribution in [-0.2, 0) is 19.3 Å². The summed E-state index contributed by atoms with van der Waals surface area (Å²) in [7, 11) is 0. The highest BCUT2D eigenvalue weighted by molar-refractivity contribution is 7.11. The van der Waals surface area contributed by atoms with Crippen molar-refractivity contribution in [2.45, 2.75) is 45.1 Å². The molecule has 0 bridgehead atoms. The Balaban J connectivity index is 1.95. The number of aromatic nitrogens is 1. The summed E-state index contributed by atoms with van der Waals surface area (Å²) in [6.07, 6.45) is 5.92. The molecule has 1 aromatic heterocycles. The molecule has 3 heteroatoms. The summed E-state index contributed by atoms with van der Waals surface area (Å²) in [4.78, 5) is 6.26. The first-order valence-corrected chi connectivity index (χ1v) is 7.93. The summed E-state index contributed by atoms with van der Waals surface area (Å²) in [6, 6.07) is 8.41. The van der Waals surface area contributed by atoms with Crippen molar-refractivity contribution < 1.29 is 0 Å². The van der Waals surface area contributed by atoms with E-state index in [-0.39, 0.29) is 6.04 Å². The van der Waals surface area contributed by atoms with E-state index in [1.54, 1.807) is 0 Å². The Morgan fingerprint density at radius 2 is 2.05 bits per heavy atom. The van der Waals surface area contributed by atoms with Gasteiger partial charge < -0.3 is 5.73 Å². The number of rotatable bonds is 3. The topological polar surface area (TPSA) is 38.9 Å². The van der Waals surface area contributed by atoms with Crippen LogP contribution in [0.1, 0.15) is 52.5 Å². The second-order valence-electron chi connectivity index (χ2n) is 5.16. The Kier molecular flexibility index (Phi) is 3.67. The SMILES string of the molecule is CCc1ccccc1C(N)c1nc2c(s1)CCCC2. The molecule has 1 heterocycles. The Labute approximate surface area is 118 Å². The predicted octanol–water partition coefficient (Wildman–Crippen LogP) is 3.63. The highest BCUT2D eigenvalue weighted by Crippen LogP contribution is 2.32. The minimum absolute atomic E-state index is 0.0632. The zero-order valence-corrected chi connectivity index (χ0v) is 12.2. The standard InChI is InChI=1S/C16H20N2S/c1-2-11-7-3-4-8-12(11)15(17)16-18-13-9-5-6-10-14(13)19-16/h3-4,7-8,15H,2,5-6,9-10,17H2,1H3. The van der Waals surface area contributed by atoms with Crippen LogP contribution in [-0.4, -0.2) is 4.98 Å². The van der Waals surface area contributed by atoms with Crippen LogP contribution in [0.3, 0.4) is 0 Å². The van der Waals surface area contributed by atoms with Crippen LogP contribution in [0.2, 0.25) is 0 Å². The maximum Gasteiger partial charge on any atom is 0.114 e. The molecule has 0 amide bonds. The van der Waals surface area contributed by atoms with Gasteiger partial charge in [0.05, 0.1) is 11.7 Å². The lowest BCUT2D eigenvalue weighted by atomic mass is 9.99. The third kappa shape index (κ3) is 2.45. The number of nitrogens with zero attached hydrogens (tertiary/aromatic N) is 1. The van der Waals surface area contributed by atoms with Gasteiger partial charge in [0.2, 0.25) is 0 Å². The summed E-state index contributed by atoms with van der Waals surface area (Å²) in [5.41, 5.74) is 10.3. The molecule has 19 heavy (non-hydrogen) atoms. The van der Waals surface area contributed by atoms with Crippen LogP contribution in [0.15, 0.2) is 24.3 Å². The molecule has 0 fully saturated rings. The van der Waals surface area contributed by atoms with Gasteiger partial charge in [0.1, 0.15) is 5.01 Å². The number of hydrogen-bond donors (Lipinski definition) is 1. The van der Waals surface area contributed by atoms with Crippen molar-refractivity contribution in [3.8, 4) is 0 Å². The van der Waals surface area contributed by atoms with E-state index in [1.165, 1.54) is 41.0 Å². The Bertz CT molecular complexity index is 550. The minimum Gasteiger partial charge on any atom is -0.318 e. The molecule has 1 unspecified atom stereocenters. The van der Waals surface area contributed by atoms with Crippen molar-refractivity contribution in [1.82, 2.24) is 4.98 Å². The molecule has 3 rings (SSSR count). The Morgan fingerprint density at radius 1 is 1.26 bits per heavy atom. The maximum atomic E-state index is 6.45. The molecule has 1 aliphatic rings.